The van der Waals surface area contributed by atoms with Gasteiger partial charge in [-0.1, -0.05) is 19.3 Å². The van der Waals surface area contributed by atoms with Gasteiger partial charge >= 0.3 is 5.97 Å². The van der Waals surface area contributed by atoms with Gasteiger partial charge in [0, 0.05) is 0 Å². The first-order chi connectivity index (χ1) is 8.35. The maximum Gasteiger partial charge on any atom is 0.322 e. The molecule has 1 fully saturated rings. The zero-order valence-corrected chi connectivity index (χ0v) is 12.8. The van der Waals surface area contributed by atoms with Crippen LogP contribution in [0.2, 0.25) is 0 Å². The van der Waals surface area contributed by atoms with E-state index in [2.05, 4.69) is 0 Å². The zero-order valence-electron chi connectivity index (χ0n) is 11.9. The summed E-state index contributed by atoms with van der Waals surface area (Å²) in [6, 6.07) is 0. The molecule has 0 amide bonds. The second kappa shape index (κ2) is 6.80. The van der Waals surface area contributed by atoms with Crippen molar-refractivity contribution in [1.29, 1.82) is 0 Å². The summed E-state index contributed by atoms with van der Waals surface area (Å²) in [5.74, 6) is -0.0307. The Balaban J connectivity index is 2.60. The van der Waals surface area contributed by atoms with Gasteiger partial charge in [0.15, 0.2) is 0 Å². The van der Waals surface area contributed by atoms with Crippen LogP contribution >= 0.6 is 11.8 Å². The Morgan fingerprint density at radius 1 is 1.28 bits per heavy atom. The van der Waals surface area contributed by atoms with E-state index in [0.717, 1.165) is 25.7 Å². The van der Waals surface area contributed by atoms with Gasteiger partial charge in [0.05, 0.1) is 6.10 Å². The zero-order chi connectivity index (χ0) is 13.8. The largest absolute Gasteiger partial charge is 0.459 e. The molecule has 1 aliphatic rings. The van der Waals surface area contributed by atoms with Gasteiger partial charge in [-0.25, -0.2) is 0 Å². The number of thioether (sulfide) groups is 1. The SMILES string of the molecule is CS[C@H](C(=O)OC(C)(C)C)[C@H](O)C1CCCCC1. The number of ether oxygens (including phenoxy) is 1. The highest BCUT2D eigenvalue weighted by atomic mass is 32.2. The second-order valence-electron chi connectivity index (χ2n) is 6.08. The van der Waals surface area contributed by atoms with E-state index in [1.165, 1.54) is 18.2 Å². The second-order valence-corrected chi connectivity index (χ2v) is 7.06. The Hall–Kier alpha value is -0.220. The fraction of sp³-hybridized carbons (Fsp3) is 0.929. The third-order valence-corrected chi connectivity index (χ3v) is 4.32. The highest BCUT2D eigenvalue weighted by molar-refractivity contribution is 7.99. The van der Waals surface area contributed by atoms with E-state index in [1.54, 1.807) is 0 Å². The van der Waals surface area contributed by atoms with E-state index in [4.69, 9.17) is 4.74 Å². The highest BCUT2D eigenvalue weighted by Gasteiger charge is 2.35. The molecule has 18 heavy (non-hydrogen) atoms. The summed E-state index contributed by atoms with van der Waals surface area (Å²) < 4.78 is 5.38. The fourth-order valence-corrected chi connectivity index (χ4v) is 3.20. The van der Waals surface area contributed by atoms with Gasteiger partial charge < -0.3 is 9.84 Å². The summed E-state index contributed by atoms with van der Waals surface area (Å²) in [4.78, 5) is 12.1. The lowest BCUT2D eigenvalue weighted by atomic mass is 9.84. The van der Waals surface area contributed by atoms with Crippen LogP contribution in [0.5, 0.6) is 0 Å². The predicted molar refractivity (Wildman–Crippen MR) is 75.7 cm³/mol. The first kappa shape index (κ1) is 15.8. The van der Waals surface area contributed by atoms with Crippen LogP contribution in [0.25, 0.3) is 0 Å². The van der Waals surface area contributed by atoms with E-state index in [1.807, 2.05) is 27.0 Å². The van der Waals surface area contributed by atoms with Crippen molar-refractivity contribution < 1.29 is 14.6 Å². The average molecular weight is 274 g/mol. The molecule has 4 heteroatoms. The fourth-order valence-electron chi connectivity index (χ4n) is 2.46. The number of hydrogen-bond donors (Lipinski definition) is 1. The molecular weight excluding hydrogens is 248 g/mol. The highest BCUT2D eigenvalue weighted by Crippen LogP contribution is 2.31. The molecule has 0 radical (unpaired) electrons. The van der Waals surface area contributed by atoms with Crippen molar-refractivity contribution in [3.63, 3.8) is 0 Å². The number of carbonyl (C=O) groups is 1. The van der Waals surface area contributed by atoms with Crippen molar-refractivity contribution in [3.8, 4) is 0 Å². The Morgan fingerprint density at radius 2 is 1.83 bits per heavy atom. The van der Waals surface area contributed by atoms with Gasteiger partial charge in [-0.05, 0) is 45.8 Å². The molecule has 0 unspecified atom stereocenters. The van der Waals surface area contributed by atoms with Crippen LogP contribution in [0.1, 0.15) is 52.9 Å². The first-order valence-corrected chi connectivity index (χ1v) is 8.07. The lowest BCUT2D eigenvalue weighted by molar-refractivity contribution is -0.157. The minimum Gasteiger partial charge on any atom is -0.459 e. The number of aliphatic hydroxyl groups is 1. The van der Waals surface area contributed by atoms with E-state index < -0.39 is 17.0 Å². The van der Waals surface area contributed by atoms with Crippen LogP contribution in [0.4, 0.5) is 0 Å². The van der Waals surface area contributed by atoms with E-state index in [-0.39, 0.29) is 11.9 Å². The predicted octanol–water partition coefficient (Wildman–Crippen LogP) is 3.00. The maximum absolute atomic E-state index is 12.1. The average Bonchev–Trinajstić information content (AvgIpc) is 2.28. The summed E-state index contributed by atoms with van der Waals surface area (Å²) in [5, 5.41) is 9.93. The van der Waals surface area contributed by atoms with Gasteiger partial charge in [-0.15, -0.1) is 11.8 Å². The van der Waals surface area contributed by atoms with E-state index in [9.17, 15) is 9.90 Å². The number of rotatable bonds is 4. The maximum atomic E-state index is 12.1. The van der Waals surface area contributed by atoms with Crippen LogP contribution in [0.3, 0.4) is 0 Å². The van der Waals surface area contributed by atoms with Gasteiger partial charge in [0.1, 0.15) is 10.9 Å². The lowest BCUT2D eigenvalue weighted by Crippen LogP contribution is -2.41. The minimum atomic E-state index is -0.574. The Bertz CT molecular complexity index is 267. The quantitative estimate of drug-likeness (QED) is 0.801. The molecule has 3 nitrogen and oxygen atoms in total. The molecule has 2 atom stereocenters. The summed E-state index contributed by atoms with van der Waals surface area (Å²) >= 11 is 1.40. The molecular formula is C14H26O3S. The molecule has 0 bridgehead atoms. The molecule has 1 aliphatic carbocycles. The molecule has 0 aromatic carbocycles. The molecule has 0 aliphatic heterocycles. The van der Waals surface area contributed by atoms with Crippen molar-refractivity contribution in [1.82, 2.24) is 0 Å². The molecule has 0 heterocycles. The Kier molecular flexibility index (Phi) is 5.99. The molecule has 1 N–H and O–H groups in total. The Morgan fingerprint density at radius 3 is 2.28 bits per heavy atom. The van der Waals surface area contributed by atoms with Gasteiger partial charge in [-0.2, -0.15) is 0 Å². The van der Waals surface area contributed by atoms with Gasteiger partial charge in [0.2, 0.25) is 0 Å². The lowest BCUT2D eigenvalue weighted by Gasteiger charge is -2.32. The van der Waals surface area contributed by atoms with E-state index in [0.29, 0.717) is 0 Å². The van der Waals surface area contributed by atoms with Crippen LogP contribution in [0, 0.1) is 5.92 Å². The molecule has 0 aromatic heterocycles. The third-order valence-electron chi connectivity index (χ3n) is 3.34. The summed E-state index contributed by atoms with van der Waals surface area (Å²) in [7, 11) is 0. The van der Waals surface area contributed by atoms with Crippen molar-refractivity contribution in [2.75, 3.05) is 6.26 Å². The third kappa shape index (κ3) is 4.81. The molecule has 0 spiro atoms. The number of aliphatic hydroxyl groups excluding tert-OH is 1. The van der Waals surface area contributed by atoms with Crippen molar-refractivity contribution >= 4 is 17.7 Å². The molecule has 0 saturated heterocycles. The normalized spacial score (nSPS) is 21.4. The number of esters is 1. The van der Waals surface area contributed by atoms with Crippen LogP contribution in [0.15, 0.2) is 0 Å². The van der Waals surface area contributed by atoms with Crippen LogP contribution < -0.4 is 0 Å². The van der Waals surface area contributed by atoms with Crippen LogP contribution in [-0.4, -0.2) is 34.3 Å². The monoisotopic (exact) mass is 274 g/mol. The molecule has 1 rings (SSSR count). The smallest absolute Gasteiger partial charge is 0.322 e. The minimum absolute atomic E-state index is 0.253. The molecule has 1 saturated carbocycles. The van der Waals surface area contributed by atoms with Gasteiger partial charge in [0.25, 0.3) is 0 Å². The molecule has 0 aromatic rings. The van der Waals surface area contributed by atoms with Crippen molar-refractivity contribution in [3.05, 3.63) is 0 Å². The van der Waals surface area contributed by atoms with Crippen molar-refractivity contribution in [2.24, 2.45) is 5.92 Å². The number of hydrogen-bond acceptors (Lipinski definition) is 4. The summed E-state index contributed by atoms with van der Waals surface area (Å²) in [6.07, 6.45) is 6.92. The van der Waals surface area contributed by atoms with Crippen LogP contribution in [-0.2, 0) is 9.53 Å². The van der Waals surface area contributed by atoms with Crippen molar-refractivity contribution in [2.45, 2.75) is 69.8 Å². The summed E-state index contributed by atoms with van der Waals surface area (Å²) in [6.45, 7) is 5.57. The van der Waals surface area contributed by atoms with Gasteiger partial charge in [-0.3, -0.25) is 4.79 Å². The van der Waals surface area contributed by atoms with E-state index >= 15 is 0 Å². The Labute approximate surface area is 115 Å². The number of carbonyl (C=O) groups excluding carboxylic acids is 1. The standard InChI is InChI=1S/C14H26O3S/c1-14(2,3)17-13(16)12(18-4)11(15)10-8-6-5-7-9-10/h10-12,15H,5-9H2,1-4H3/t11-,12+/m1/s1. The summed E-state index contributed by atoms with van der Waals surface area (Å²) in [5.41, 5.74) is -0.489. The molecule has 106 valence electrons. The first-order valence-electron chi connectivity index (χ1n) is 6.79. The topological polar surface area (TPSA) is 46.5 Å².